The predicted octanol–water partition coefficient (Wildman–Crippen LogP) is 0.609. The van der Waals surface area contributed by atoms with Crippen LogP contribution < -0.4 is 16.4 Å². The molecule has 0 unspecified atom stereocenters. The first-order valence-electron chi connectivity index (χ1n) is 5.34. The number of aromatic nitrogens is 1. The third-order valence-electron chi connectivity index (χ3n) is 2.74. The molecule has 4 N–H and O–H groups in total. The molecular weight excluding hydrogens is 204 g/mol. The average Bonchev–Trinajstić information content (AvgIpc) is 3.01. The zero-order valence-electron chi connectivity index (χ0n) is 9.31. The Hall–Kier alpha value is -1.78. The van der Waals surface area contributed by atoms with E-state index in [9.17, 15) is 4.79 Å². The van der Waals surface area contributed by atoms with Crippen molar-refractivity contribution in [2.75, 3.05) is 24.2 Å². The summed E-state index contributed by atoms with van der Waals surface area (Å²) < 4.78 is 0. The Bertz CT molecular complexity index is 414. The van der Waals surface area contributed by atoms with Crippen LogP contribution in [0.15, 0.2) is 12.3 Å². The number of hydrogen-bond donors (Lipinski definition) is 2. The van der Waals surface area contributed by atoms with Gasteiger partial charge in [-0.05, 0) is 24.8 Å². The summed E-state index contributed by atoms with van der Waals surface area (Å²) in [6.07, 6.45) is 4.06. The van der Waals surface area contributed by atoms with Crippen LogP contribution in [0.25, 0.3) is 0 Å². The van der Waals surface area contributed by atoms with Gasteiger partial charge in [-0.15, -0.1) is 0 Å². The Labute approximate surface area is 94.4 Å². The van der Waals surface area contributed by atoms with E-state index in [1.807, 2.05) is 11.9 Å². The molecule has 1 fully saturated rings. The minimum Gasteiger partial charge on any atom is -0.397 e. The summed E-state index contributed by atoms with van der Waals surface area (Å²) in [4.78, 5) is 17.4. The Morgan fingerprint density at radius 1 is 1.62 bits per heavy atom. The fraction of sp³-hybridized carbons (Fsp3) is 0.455. The van der Waals surface area contributed by atoms with E-state index >= 15 is 0 Å². The predicted molar refractivity (Wildman–Crippen MR) is 63.2 cm³/mol. The molecule has 1 aromatic heterocycles. The number of carbonyl (C=O) groups is 1. The summed E-state index contributed by atoms with van der Waals surface area (Å²) in [7, 11) is 1.92. The molecule has 1 aliphatic carbocycles. The number of nitrogens with two attached hydrogens (primary N) is 2. The first-order chi connectivity index (χ1) is 7.58. The summed E-state index contributed by atoms with van der Waals surface area (Å²) >= 11 is 0. The molecule has 16 heavy (non-hydrogen) atoms. The van der Waals surface area contributed by atoms with Crippen molar-refractivity contribution in [2.45, 2.75) is 12.8 Å². The van der Waals surface area contributed by atoms with Gasteiger partial charge in [-0.25, -0.2) is 4.98 Å². The highest BCUT2D eigenvalue weighted by atomic mass is 16.1. The van der Waals surface area contributed by atoms with Gasteiger partial charge in [-0.3, -0.25) is 4.79 Å². The number of amides is 1. The van der Waals surface area contributed by atoms with Gasteiger partial charge in [-0.1, -0.05) is 0 Å². The van der Waals surface area contributed by atoms with Crippen molar-refractivity contribution >= 4 is 17.4 Å². The summed E-state index contributed by atoms with van der Waals surface area (Å²) in [6.45, 7) is 0.914. The van der Waals surface area contributed by atoms with Gasteiger partial charge in [0.15, 0.2) is 0 Å². The molecule has 1 saturated carbocycles. The van der Waals surface area contributed by atoms with Gasteiger partial charge in [-0.2, -0.15) is 0 Å². The number of primary amides is 1. The summed E-state index contributed by atoms with van der Waals surface area (Å²) in [5.41, 5.74) is 11.7. The van der Waals surface area contributed by atoms with E-state index < -0.39 is 5.91 Å². The molecule has 0 bridgehead atoms. The first-order valence-corrected chi connectivity index (χ1v) is 5.34. The van der Waals surface area contributed by atoms with Gasteiger partial charge in [0.25, 0.3) is 5.91 Å². The van der Waals surface area contributed by atoms with Crippen molar-refractivity contribution in [1.82, 2.24) is 4.98 Å². The van der Waals surface area contributed by atoms with E-state index in [1.165, 1.54) is 12.8 Å². The van der Waals surface area contributed by atoms with Crippen molar-refractivity contribution < 1.29 is 4.79 Å². The van der Waals surface area contributed by atoms with E-state index in [0.29, 0.717) is 17.1 Å². The smallest absolute Gasteiger partial charge is 0.252 e. The van der Waals surface area contributed by atoms with Crippen LogP contribution in [0.2, 0.25) is 0 Å². The Morgan fingerprint density at radius 2 is 2.31 bits per heavy atom. The zero-order chi connectivity index (χ0) is 11.7. The van der Waals surface area contributed by atoms with E-state index in [4.69, 9.17) is 11.5 Å². The lowest BCUT2D eigenvalue weighted by atomic mass is 10.2. The SMILES string of the molecule is CN(CC1CC1)c1ncc(N)cc1C(N)=O. The Morgan fingerprint density at radius 3 is 2.88 bits per heavy atom. The lowest BCUT2D eigenvalue weighted by Crippen LogP contribution is -2.25. The highest BCUT2D eigenvalue weighted by Crippen LogP contribution is 2.31. The molecule has 0 aliphatic heterocycles. The number of rotatable bonds is 4. The van der Waals surface area contributed by atoms with Gasteiger partial charge in [0.2, 0.25) is 0 Å². The third kappa shape index (κ3) is 2.24. The molecule has 5 heteroatoms. The number of anilines is 2. The number of pyridine rings is 1. The largest absolute Gasteiger partial charge is 0.397 e. The molecule has 86 valence electrons. The molecule has 1 aliphatic rings. The average molecular weight is 220 g/mol. The number of nitrogen functional groups attached to an aromatic ring is 1. The first kappa shape index (κ1) is 10.7. The summed E-state index contributed by atoms with van der Waals surface area (Å²) in [5.74, 6) is 0.858. The summed E-state index contributed by atoms with van der Waals surface area (Å²) in [6, 6.07) is 1.58. The minimum absolute atomic E-state index is 0.392. The third-order valence-corrected chi connectivity index (χ3v) is 2.74. The highest BCUT2D eigenvalue weighted by molar-refractivity contribution is 5.98. The van der Waals surface area contributed by atoms with Crippen LogP contribution in [-0.4, -0.2) is 24.5 Å². The van der Waals surface area contributed by atoms with Gasteiger partial charge >= 0.3 is 0 Å². The topological polar surface area (TPSA) is 85.2 Å². The molecular formula is C11H16N4O. The fourth-order valence-electron chi connectivity index (χ4n) is 1.73. The van der Waals surface area contributed by atoms with E-state index in [2.05, 4.69) is 4.98 Å². The maximum Gasteiger partial charge on any atom is 0.252 e. The maximum absolute atomic E-state index is 11.3. The highest BCUT2D eigenvalue weighted by Gasteiger charge is 2.25. The quantitative estimate of drug-likeness (QED) is 0.778. The van der Waals surface area contributed by atoms with Crippen LogP contribution in [0.3, 0.4) is 0 Å². The van der Waals surface area contributed by atoms with E-state index in [1.54, 1.807) is 12.3 Å². The molecule has 0 atom stereocenters. The van der Waals surface area contributed by atoms with Crippen molar-refractivity contribution in [3.63, 3.8) is 0 Å². The maximum atomic E-state index is 11.3. The van der Waals surface area contributed by atoms with Crippen LogP contribution in [0.5, 0.6) is 0 Å². The molecule has 0 radical (unpaired) electrons. The van der Waals surface area contributed by atoms with Crippen molar-refractivity contribution in [1.29, 1.82) is 0 Å². The van der Waals surface area contributed by atoms with Crippen molar-refractivity contribution in [2.24, 2.45) is 11.7 Å². The molecule has 1 aromatic rings. The summed E-state index contributed by atoms with van der Waals surface area (Å²) in [5, 5.41) is 0. The van der Waals surface area contributed by atoms with Crippen LogP contribution in [-0.2, 0) is 0 Å². The second-order valence-corrected chi connectivity index (χ2v) is 4.33. The van der Waals surface area contributed by atoms with Gasteiger partial charge in [0, 0.05) is 13.6 Å². The number of nitrogens with zero attached hydrogens (tertiary/aromatic N) is 2. The number of hydrogen-bond acceptors (Lipinski definition) is 4. The van der Waals surface area contributed by atoms with Gasteiger partial charge in [0.05, 0.1) is 17.4 Å². The molecule has 0 spiro atoms. The van der Waals surface area contributed by atoms with Crippen molar-refractivity contribution in [3.05, 3.63) is 17.8 Å². The molecule has 5 nitrogen and oxygen atoms in total. The molecule has 0 saturated heterocycles. The molecule has 1 heterocycles. The lowest BCUT2D eigenvalue weighted by molar-refractivity contribution is 0.100. The monoisotopic (exact) mass is 220 g/mol. The van der Waals surface area contributed by atoms with Crippen LogP contribution in [0.1, 0.15) is 23.2 Å². The molecule has 2 rings (SSSR count). The number of carbonyl (C=O) groups excluding carboxylic acids is 1. The normalized spacial score (nSPS) is 14.8. The fourth-order valence-corrected chi connectivity index (χ4v) is 1.73. The lowest BCUT2D eigenvalue weighted by Gasteiger charge is -2.20. The zero-order valence-corrected chi connectivity index (χ0v) is 9.31. The van der Waals surface area contributed by atoms with Crippen LogP contribution in [0.4, 0.5) is 11.5 Å². The second-order valence-electron chi connectivity index (χ2n) is 4.33. The Kier molecular flexibility index (Phi) is 2.68. The van der Waals surface area contributed by atoms with E-state index in [0.717, 1.165) is 12.5 Å². The van der Waals surface area contributed by atoms with Crippen molar-refractivity contribution in [3.8, 4) is 0 Å². The second kappa shape index (κ2) is 4.00. The van der Waals surface area contributed by atoms with E-state index in [-0.39, 0.29) is 0 Å². The van der Waals surface area contributed by atoms with Crippen LogP contribution in [0, 0.1) is 5.92 Å². The van der Waals surface area contributed by atoms with Gasteiger partial charge in [0.1, 0.15) is 5.82 Å². The molecule has 1 amide bonds. The van der Waals surface area contributed by atoms with Gasteiger partial charge < -0.3 is 16.4 Å². The standard InChI is InChI=1S/C11H16N4O/c1-15(6-7-2-3-7)11-9(10(13)16)4-8(12)5-14-11/h4-5,7H,2-3,6,12H2,1H3,(H2,13,16). The minimum atomic E-state index is -0.488. The van der Waals surface area contributed by atoms with Crippen LogP contribution >= 0.6 is 0 Å². The Balaban J connectivity index is 2.26. The molecule has 0 aromatic carbocycles.